The number of hydrogen-bond acceptors (Lipinski definition) is 4. The van der Waals surface area contributed by atoms with Crippen LogP contribution in [0, 0.1) is 6.92 Å². The highest BCUT2D eigenvalue weighted by Crippen LogP contribution is 2.24. The summed E-state index contributed by atoms with van der Waals surface area (Å²) in [5, 5.41) is 8.97. The van der Waals surface area contributed by atoms with Gasteiger partial charge < -0.3 is 10.6 Å². The molecule has 114 valence electrons. The van der Waals surface area contributed by atoms with E-state index in [1.165, 1.54) is 0 Å². The quantitative estimate of drug-likeness (QED) is 0.799. The molecule has 1 amide bonds. The fourth-order valence-corrected chi connectivity index (χ4v) is 2.64. The highest BCUT2D eigenvalue weighted by molar-refractivity contribution is 7.13. The van der Waals surface area contributed by atoms with Crippen molar-refractivity contribution >= 4 is 35.3 Å². The van der Waals surface area contributed by atoms with Crippen LogP contribution in [0.3, 0.4) is 0 Å². The molecule has 0 fully saturated rings. The second-order valence-corrected chi connectivity index (χ2v) is 5.48. The SMILES string of the molecule is CNCCCC(=O)Nc1ccc(-c2nc(C)cs2)cc1.Cl. The molecule has 0 aliphatic heterocycles. The first-order chi connectivity index (χ1) is 9.69. The summed E-state index contributed by atoms with van der Waals surface area (Å²) in [5.74, 6) is 0.0538. The number of nitrogens with zero attached hydrogens (tertiary/aromatic N) is 1. The minimum absolute atomic E-state index is 0. The van der Waals surface area contributed by atoms with Crippen LogP contribution in [-0.4, -0.2) is 24.5 Å². The topological polar surface area (TPSA) is 54.0 Å². The summed E-state index contributed by atoms with van der Waals surface area (Å²) < 4.78 is 0. The smallest absolute Gasteiger partial charge is 0.224 e. The van der Waals surface area contributed by atoms with Crippen LogP contribution in [-0.2, 0) is 4.79 Å². The summed E-state index contributed by atoms with van der Waals surface area (Å²) in [5.41, 5.74) is 2.94. The monoisotopic (exact) mass is 325 g/mol. The second-order valence-electron chi connectivity index (χ2n) is 4.63. The molecular weight excluding hydrogens is 306 g/mol. The molecule has 6 heteroatoms. The van der Waals surface area contributed by atoms with Crippen LogP contribution in [0.4, 0.5) is 5.69 Å². The van der Waals surface area contributed by atoms with E-state index in [0.29, 0.717) is 6.42 Å². The Balaban J connectivity index is 0.00000220. The molecule has 21 heavy (non-hydrogen) atoms. The van der Waals surface area contributed by atoms with Gasteiger partial charge in [0.1, 0.15) is 5.01 Å². The van der Waals surface area contributed by atoms with Gasteiger partial charge in [0.2, 0.25) is 5.91 Å². The summed E-state index contributed by atoms with van der Waals surface area (Å²) in [6.07, 6.45) is 1.38. The fraction of sp³-hybridized carbons (Fsp3) is 0.333. The van der Waals surface area contributed by atoms with Gasteiger partial charge in [0.15, 0.2) is 0 Å². The standard InChI is InChI=1S/C15H19N3OS.ClH/c1-11-10-20-15(17-11)12-5-7-13(8-6-12)18-14(19)4-3-9-16-2;/h5-8,10,16H,3-4,9H2,1-2H3,(H,18,19);1H. The van der Waals surface area contributed by atoms with Gasteiger partial charge in [-0.1, -0.05) is 0 Å². The van der Waals surface area contributed by atoms with E-state index in [-0.39, 0.29) is 18.3 Å². The third kappa shape index (κ3) is 5.46. The number of amides is 1. The van der Waals surface area contributed by atoms with Crippen molar-refractivity contribution in [2.24, 2.45) is 0 Å². The lowest BCUT2D eigenvalue weighted by Crippen LogP contribution is -2.15. The highest BCUT2D eigenvalue weighted by Gasteiger charge is 2.04. The van der Waals surface area contributed by atoms with Gasteiger partial charge >= 0.3 is 0 Å². The molecule has 0 saturated carbocycles. The average molecular weight is 326 g/mol. The minimum Gasteiger partial charge on any atom is -0.326 e. The number of benzene rings is 1. The van der Waals surface area contributed by atoms with E-state index in [1.807, 2.05) is 43.6 Å². The van der Waals surface area contributed by atoms with Crippen molar-refractivity contribution in [2.45, 2.75) is 19.8 Å². The third-order valence-corrected chi connectivity index (χ3v) is 3.87. The Morgan fingerprint density at radius 1 is 1.29 bits per heavy atom. The normalized spacial score (nSPS) is 10.0. The molecule has 0 unspecified atom stereocenters. The van der Waals surface area contributed by atoms with Gasteiger partial charge in [-0.2, -0.15) is 0 Å². The minimum atomic E-state index is 0. The highest BCUT2D eigenvalue weighted by atomic mass is 35.5. The molecule has 1 aromatic heterocycles. The Morgan fingerprint density at radius 2 is 2.00 bits per heavy atom. The predicted octanol–water partition coefficient (Wildman–Crippen LogP) is 3.48. The van der Waals surface area contributed by atoms with Gasteiger partial charge in [-0.05, 0) is 51.2 Å². The van der Waals surface area contributed by atoms with Gasteiger partial charge in [0.05, 0.1) is 0 Å². The zero-order chi connectivity index (χ0) is 14.4. The number of carbonyl (C=O) groups excluding carboxylic acids is 1. The molecule has 2 N–H and O–H groups in total. The van der Waals surface area contributed by atoms with Gasteiger partial charge in [0, 0.05) is 28.7 Å². The van der Waals surface area contributed by atoms with Gasteiger partial charge in [-0.15, -0.1) is 23.7 Å². The van der Waals surface area contributed by atoms with Crippen LogP contribution >= 0.6 is 23.7 Å². The fourth-order valence-electron chi connectivity index (χ4n) is 1.83. The van der Waals surface area contributed by atoms with Gasteiger partial charge in [0.25, 0.3) is 0 Å². The van der Waals surface area contributed by atoms with E-state index in [4.69, 9.17) is 0 Å². The number of aromatic nitrogens is 1. The van der Waals surface area contributed by atoms with Crippen LogP contribution in [0.5, 0.6) is 0 Å². The van der Waals surface area contributed by atoms with Gasteiger partial charge in [-0.3, -0.25) is 4.79 Å². The molecule has 0 atom stereocenters. The number of nitrogens with one attached hydrogen (secondary N) is 2. The van der Waals surface area contributed by atoms with Crippen molar-refractivity contribution in [3.63, 3.8) is 0 Å². The number of anilines is 1. The molecule has 1 aromatic carbocycles. The summed E-state index contributed by atoms with van der Waals surface area (Å²) in [6, 6.07) is 7.81. The lowest BCUT2D eigenvalue weighted by atomic mass is 10.2. The largest absolute Gasteiger partial charge is 0.326 e. The van der Waals surface area contributed by atoms with E-state index in [0.717, 1.165) is 34.9 Å². The first-order valence-corrected chi connectivity index (χ1v) is 7.54. The van der Waals surface area contributed by atoms with Crippen molar-refractivity contribution < 1.29 is 4.79 Å². The van der Waals surface area contributed by atoms with Crippen molar-refractivity contribution in [3.05, 3.63) is 35.3 Å². The molecule has 0 spiro atoms. The molecule has 0 saturated heterocycles. The summed E-state index contributed by atoms with van der Waals surface area (Å²) in [4.78, 5) is 16.1. The number of thiazole rings is 1. The van der Waals surface area contributed by atoms with E-state index in [2.05, 4.69) is 15.6 Å². The Kier molecular flexibility index (Phi) is 7.36. The molecule has 0 bridgehead atoms. The molecule has 0 aliphatic rings. The Morgan fingerprint density at radius 3 is 2.57 bits per heavy atom. The second kappa shape index (κ2) is 8.77. The molecule has 0 radical (unpaired) electrons. The third-order valence-electron chi connectivity index (χ3n) is 2.87. The first kappa shape index (κ1) is 17.6. The van der Waals surface area contributed by atoms with E-state index in [1.54, 1.807) is 11.3 Å². The molecule has 2 rings (SSSR count). The van der Waals surface area contributed by atoms with Crippen LogP contribution < -0.4 is 10.6 Å². The summed E-state index contributed by atoms with van der Waals surface area (Å²) >= 11 is 1.63. The Bertz CT molecular complexity index is 569. The zero-order valence-electron chi connectivity index (χ0n) is 12.2. The van der Waals surface area contributed by atoms with Gasteiger partial charge in [-0.25, -0.2) is 4.98 Å². The van der Waals surface area contributed by atoms with E-state index in [9.17, 15) is 4.79 Å². The van der Waals surface area contributed by atoms with Crippen LogP contribution in [0.15, 0.2) is 29.6 Å². The van der Waals surface area contributed by atoms with E-state index >= 15 is 0 Å². The maximum Gasteiger partial charge on any atom is 0.224 e. The van der Waals surface area contributed by atoms with Crippen LogP contribution in [0.25, 0.3) is 10.6 Å². The molecule has 0 aliphatic carbocycles. The number of halogens is 1. The molecule has 4 nitrogen and oxygen atoms in total. The molecule has 2 aromatic rings. The van der Waals surface area contributed by atoms with Crippen LogP contribution in [0.1, 0.15) is 18.5 Å². The number of aryl methyl sites for hydroxylation is 1. The number of carbonyl (C=O) groups is 1. The maximum absolute atomic E-state index is 11.7. The lowest BCUT2D eigenvalue weighted by Gasteiger charge is -2.05. The summed E-state index contributed by atoms with van der Waals surface area (Å²) in [7, 11) is 1.89. The zero-order valence-corrected chi connectivity index (χ0v) is 13.8. The number of rotatable bonds is 6. The molecular formula is C15H20ClN3OS. The van der Waals surface area contributed by atoms with Crippen molar-refractivity contribution in [3.8, 4) is 10.6 Å². The van der Waals surface area contributed by atoms with Crippen molar-refractivity contribution in [2.75, 3.05) is 18.9 Å². The first-order valence-electron chi connectivity index (χ1n) is 6.66. The maximum atomic E-state index is 11.7. The Hall–Kier alpha value is -1.43. The van der Waals surface area contributed by atoms with Crippen molar-refractivity contribution in [1.29, 1.82) is 0 Å². The summed E-state index contributed by atoms with van der Waals surface area (Å²) in [6.45, 7) is 2.84. The lowest BCUT2D eigenvalue weighted by molar-refractivity contribution is -0.116. The number of hydrogen-bond donors (Lipinski definition) is 2. The van der Waals surface area contributed by atoms with E-state index < -0.39 is 0 Å². The molecule has 1 heterocycles. The average Bonchev–Trinajstić information content (AvgIpc) is 2.86. The van der Waals surface area contributed by atoms with Crippen LogP contribution in [0.2, 0.25) is 0 Å². The predicted molar refractivity (Wildman–Crippen MR) is 91.3 cm³/mol. The van der Waals surface area contributed by atoms with Crippen molar-refractivity contribution in [1.82, 2.24) is 10.3 Å². The Labute approximate surface area is 135 Å².